The van der Waals surface area contributed by atoms with Gasteiger partial charge in [-0.1, -0.05) is 48.5 Å². The number of carbonyl (C=O) groups excluding carboxylic acids is 1. The molecule has 0 spiro atoms. The Bertz CT molecular complexity index is 1200. The molecule has 29 heavy (non-hydrogen) atoms. The van der Waals surface area contributed by atoms with E-state index in [1.54, 1.807) is 11.1 Å². The molecule has 0 saturated heterocycles. The van der Waals surface area contributed by atoms with Crippen LogP contribution in [0.1, 0.15) is 21.5 Å². The van der Waals surface area contributed by atoms with Gasteiger partial charge in [0.2, 0.25) is 0 Å². The van der Waals surface area contributed by atoms with Crippen LogP contribution >= 0.6 is 0 Å². The summed E-state index contributed by atoms with van der Waals surface area (Å²) in [5.74, 6) is 0.842. The van der Waals surface area contributed by atoms with Crippen LogP contribution in [0.25, 0.3) is 22.0 Å². The average Bonchev–Trinajstić information content (AvgIpc) is 3.43. The van der Waals surface area contributed by atoms with E-state index in [0.717, 1.165) is 50.9 Å². The summed E-state index contributed by atoms with van der Waals surface area (Å²) in [5, 5.41) is 8.19. The molecule has 3 aromatic carbocycles. The molecule has 1 aromatic heterocycles. The van der Waals surface area contributed by atoms with Crippen LogP contribution in [0.2, 0.25) is 0 Å². The fraction of sp³-hybridized carbons (Fsp3) is 0.167. The van der Waals surface area contributed by atoms with Gasteiger partial charge in [-0.2, -0.15) is 5.10 Å². The van der Waals surface area contributed by atoms with E-state index in [2.05, 4.69) is 22.3 Å². The van der Waals surface area contributed by atoms with Crippen molar-refractivity contribution in [2.45, 2.75) is 13.0 Å². The molecule has 5 heteroatoms. The highest BCUT2D eigenvalue weighted by Gasteiger charge is 2.26. The maximum atomic E-state index is 13.3. The number of aromatic amines is 1. The van der Waals surface area contributed by atoms with E-state index < -0.39 is 0 Å². The second kappa shape index (κ2) is 7.09. The first-order valence-electron chi connectivity index (χ1n) is 9.73. The zero-order valence-corrected chi connectivity index (χ0v) is 16.2. The lowest BCUT2D eigenvalue weighted by Gasteiger charge is -2.20. The molecule has 144 valence electrons. The highest BCUT2D eigenvalue weighted by atomic mass is 16.5. The quantitative estimate of drug-likeness (QED) is 0.567. The summed E-state index contributed by atoms with van der Waals surface area (Å²) < 4.78 is 5.94. The summed E-state index contributed by atoms with van der Waals surface area (Å²) >= 11 is 0. The number of nitrogens with zero attached hydrogens (tertiary/aromatic N) is 2. The predicted octanol–water partition coefficient (Wildman–Crippen LogP) is 4.44. The molecule has 5 rings (SSSR count). The Labute approximate surface area is 168 Å². The van der Waals surface area contributed by atoms with Gasteiger partial charge in [0.25, 0.3) is 5.91 Å². The van der Waals surface area contributed by atoms with E-state index in [9.17, 15) is 4.79 Å². The molecule has 1 amide bonds. The van der Waals surface area contributed by atoms with Crippen molar-refractivity contribution in [3.8, 4) is 16.9 Å². The summed E-state index contributed by atoms with van der Waals surface area (Å²) in [6.07, 6.45) is 2.55. The second-order valence-electron chi connectivity index (χ2n) is 7.35. The minimum atomic E-state index is 0.00267. The first-order valence-corrected chi connectivity index (χ1v) is 9.73. The van der Waals surface area contributed by atoms with Crippen molar-refractivity contribution < 1.29 is 9.53 Å². The normalized spacial score (nSPS) is 12.6. The molecule has 0 saturated carbocycles. The molecule has 4 aromatic rings. The van der Waals surface area contributed by atoms with Crippen LogP contribution < -0.4 is 4.74 Å². The van der Waals surface area contributed by atoms with Crippen molar-refractivity contribution >= 4 is 16.8 Å². The van der Waals surface area contributed by atoms with Crippen LogP contribution in [0.3, 0.4) is 0 Å². The maximum absolute atomic E-state index is 13.3. The molecule has 0 aliphatic carbocycles. The third kappa shape index (κ3) is 3.05. The molecule has 1 N–H and O–H groups in total. The Morgan fingerprint density at radius 3 is 2.83 bits per heavy atom. The number of ether oxygens (including phenoxy) is 1. The van der Waals surface area contributed by atoms with Gasteiger partial charge in [0.05, 0.1) is 18.3 Å². The largest absolute Gasteiger partial charge is 0.492 e. The number of carbonyl (C=O) groups is 1. The molecule has 0 unspecified atom stereocenters. The number of aromatic nitrogens is 2. The zero-order chi connectivity index (χ0) is 19.8. The van der Waals surface area contributed by atoms with Crippen molar-refractivity contribution in [1.29, 1.82) is 0 Å². The average molecular weight is 383 g/mol. The lowest BCUT2D eigenvalue weighted by Crippen LogP contribution is -2.27. The standard InChI is InChI=1S/C24H21N3O2/c1-27(15-18-9-5-8-17-14-25-26-22(17)18)24(28)21-11-10-19(16-6-3-2-4-7-16)23-20(21)12-13-29-23/h2-11,14H,12-13,15H2,1H3,(H,25,26). The summed E-state index contributed by atoms with van der Waals surface area (Å²) in [6.45, 7) is 1.12. The van der Waals surface area contributed by atoms with E-state index in [1.807, 2.05) is 55.6 Å². The van der Waals surface area contributed by atoms with Crippen LogP contribution in [-0.2, 0) is 13.0 Å². The predicted molar refractivity (Wildman–Crippen MR) is 113 cm³/mol. The van der Waals surface area contributed by atoms with Crippen molar-refractivity contribution in [3.05, 3.63) is 83.6 Å². The number of nitrogens with one attached hydrogen (secondary N) is 1. The molecular formula is C24H21N3O2. The van der Waals surface area contributed by atoms with Crippen LogP contribution in [0.15, 0.2) is 66.9 Å². The van der Waals surface area contributed by atoms with Gasteiger partial charge in [-0.3, -0.25) is 9.89 Å². The fourth-order valence-corrected chi connectivity index (χ4v) is 4.04. The molecule has 1 aliphatic heterocycles. The highest BCUT2D eigenvalue weighted by Crippen LogP contribution is 2.39. The lowest BCUT2D eigenvalue weighted by molar-refractivity contribution is 0.0784. The molecule has 0 bridgehead atoms. The maximum Gasteiger partial charge on any atom is 0.254 e. The van der Waals surface area contributed by atoms with E-state index in [-0.39, 0.29) is 5.91 Å². The van der Waals surface area contributed by atoms with Crippen molar-refractivity contribution in [3.63, 3.8) is 0 Å². The monoisotopic (exact) mass is 383 g/mol. The van der Waals surface area contributed by atoms with Crippen LogP contribution in [0.5, 0.6) is 5.75 Å². The molecular weight excluding hydrogens is 362 g/mol. The molecule has 1 aliphatic rings. The van der Waals surface area contributed by atoms with Crippen molar-refractivity contribution in [2.75, 3.05) is 13.7 Å². The third-order valence-electron chi connectivity index (χ3n) is 5.49. The molecule has 2 heterocycles. The first-order chi connectivity index (χ1) is 14.2. The number of hydrogen-bond acceptors (Lipinski definition) is 3. The van der Waals surface area contributed by atoms with Crippen LogP contribution in [0.4, 0.5) is 0 Å². The number of H-pyrrole nitrogens is 1. The van der Waals surface area contributed by atoms with Gasteiger partial charge in [0.15, 0.2) is 0 Å². The Balaban J connectivity index is 1.47. The Morgan fingerprint density at radius 1 is 1.10 bits per heavy atom. The summed E-state index contributed by atoms with van der Waals surface area (Å²) in [6, 6.07) is 20.1. The fourth-order valence-electron chi connectivity index (χ4n) is 4.04. The summed E-state index contributed by atoms with van der Waals surface area (Å²) in [4.78, 5) is 15.0. The zero-order valence-electron chi connectivity index (χ0n) is 16.2. The van der Waals surface area contributed by atoms with E-state index >= 15 is 0 Å². The Morgan fingerprint density at radius 2 is 1.97 bits per heavy atom. The van der Waals surface area contributed by atoms with Gasteiger partial charge < -0.3 is 9.64 Å². The van der Waals surface area contributed by atoms with Crippen LogP contribution in [-0.4, -0.2) is 34.7 Å². The van der Waals surface area contributed by atoms with Gasteiger partial charge >= 0.3 is 0 Å². The molecule has 5 nitrogen and oxygen atoms in total. The van der Waals surface area contributed by atoms with E-state index in [4.69, 9.17) is 4.74 Å². The van der Waals surface area contributed by atoms with Crippen molar-refractivity contribution in [1.82, 2.24) is 15.1 Å². The minimum Gasteiger partial charge on any atom is -0.492 e. The number of fused-ring (bicyclic) bond motifs is 2. The second-order valence-corrected chi connectivity index (χ2v) is 7.35. The van der Waals surface area contributed by atoms with Gasteiger partial charge in [-0.25, -0.2) is 0 Å². The van der Waals surface area contributed by atoms with Gasteiger partial charge in [0.1, 0.15) is 5.75 Å². The molecule has 0 atom stereocenters. The number of benzene rings is 3. The smallest absolute Gasteiger partial charge is 0.254 e. The van der Waals surface area contributed by atoms with Gasteiger partial charge in [-0.05, 0) is 23.3 Å². The van der Waals surface area contributed by atoms with Crippen molar-refractivity contribution in [2.24, 2.45) is 0 Å². The lowest BCUT2D eigenvalue weighted by atomic mass is 9.96. The van der Waals surface area contributed by atoms with Crippen LogP contribution in [0, 0.1) is 0 Å². The Kier molecular flexibility index (Phi) is 4.28. The summed E-state index contributed by atoms with van der Waals surface area (Å²) in [7, 11) is 1.84. The topological polar surface area (TPSA) is 58.2 Å². The number of amides is 1. The summed E-state index contributed by atoms with van der Waals surface area (Å²) in [5.41, 5.74) is 5.88. The first kappa shape index (κ1) is 17.5. The number of para-hydroxylation sites is 1. The van der Waals surface area contributed by atoms with E-state index in [0.29, 0.717) is 13.2 Å². The van der Waals surface area contributed by atoms with Gasteiger partial charge in [0, 0.05) is 42.1 Å². The minimum absolute atomic E-state index is 0.00267. The van der Waals surface area contributed by atoms with Gasteiger partial charge in [-0.15, -0.1) is 0 Å². The third-order valence-corrected chi connectivity index (χ3v) is 5.49. The van der Waals surface area contributed by atoms with E-state index in [1.165, 1.54) is 0 Å². The molecule has 0 radical (unpaired) electrons. The molecule has 0 fully saturated rings. The number of hydrogen-bond donors (Lipinski definition) is 1. The number of rotatable bonds is 4. The highest BCUT2D eigenvalue weighted by molar-refractivity contribution is 5.98. The SMILES string of the molecule is CN(Cc1cccc2cn[nH]c12)C(=O)c1ccc(-c2ccccc2)c2c1CCO2. The Hall–Kier alpha value is -3.60.